The number of ketones is 1. The number of rotatable bonds is 3. The number of hydrogen-bond acceptors (Lipinski definition) is 2. The molecule has 1 saturated heterocycles. The zero-order chi connectivity index (χ0) is 12.6. The van der Waals surface area contributed by atoms with Crippen LogP contribution in [0.25, 0.3) is 0 Å². The van der Waals surface area contributed by atoms with Crippen LogP contribution in [0.4, 0.5) is 0 Å². The molecule has 0 aromatic heterocycles. The van der Waals surface area contributed by atoms with Gasteiger partial charge < -0.3 is 4.74 Å². The highest BCUT2D eigenvalue weighted by Gasteiger charge is 2.44. The van der Waals surface area contributed by atoms with Crippen molar-refractivity contribution in [1.82, 2.24) is 0 Å². The van der Waals surface area contributed by atoms with Gasteiger partial charge in [0.05, 0.1) is 18.6 Å². The summed E-state index contributed by atoms with van der Waals surface area (Å²) in [5.74, 6) is 0.231. The van der Waals surface area contributed by atoms with Gasteiger partial charge in [0.2, 0.25) is 0 Å². The maximum absolute atomic E-state index is 12.5. The zero-order valence-electron chi connectivity index (χ0n) is 10.1. The predicted octanol–water partition coefficient (Wildman–Crippen LogP) is 3.29. The molecule has 2 nitrogen and oxygen atoms in total. The van der Waals surface area contributed by atoms with Gasteiger partial charge in [-0.3, -0.25) is 4.79 Å². The van der Waals surface area contributed by atoms with Gasteiger partial charge in [0.25, 0.3) is 0 Å². The second kappa shape index (κ2) is 4.52. The summed E-state index contributed by atoms with van der Waals surface area (Å²) >= 11 is 5.91. The number of benzene rings is 1. The van der Waals surface area contributed by atoms with Crippen LogP contribution in [0.3, 0.4) is 0 Å². The maximum Gasteiger partial charge on any atom is 0.166 e. The summed E-state index contributed by atoms with van der Waals surface area (Å²) in [6, 6.07) is 7.69. The normalized spacial score (nSPS) is 20.8. The van der Waals surface area contributed by atoms with Gasteiger partial charge >= 0.3 is 0 Å². The van der Waals surface area contributed by atoms with Crippen LogP contribution in [-0.4, -0.2) is 19.0 Å². The molecule has 0 bridgehead atoms. The Morgan fingerprint density at radius 1 is 1.22 bits per heavy atom. The summed E-state index contributed by atoms with van der Waals surface area (Å²) in [6.07, 6.45) is 4.79. The Balaban J connectivity index is 1.89. The lowest BCUT2D eigenvalue weighted by Crippen LogP contribution is -2.42. The van der Waals surface area contributed by atoms with Gasteiger partial charge in [-0.1, -0.05) is 30.2 Å². The van der Waals surface area contributed by atoms with Crippen LogP contribution in [0.5, 0.6) is 0 Å². The maximum atomic E-state index is 12.5. The first kappa shape index (κ1) is 11.9. The van der Waals surface area contributed by atoms with E-state index in [1.54, 1.807) is 6.08 Å². The molecule has 0 N–H and O–H groups in total. The Morgan fingerprint density at radius 2 is 1.89 bits per heavy atom. The number of carbonyl (C=O) groups excluding carboxylic acids is 1. The van der Waals surface area contributed by atoms with E-state index < -0.39 is 0 Å². The molecule has 0 radical (unpaired) electrons. The van der Waals surface area contributed by atoms with E-state index in [-0.39, 0.29) is 11.2 Å². The Kier molecular flexibility index (Phi) is 3.00. The van der Waals surface area contributed by atoms with E-state index >= 15 is 0 Å². The lowest BCUT2D eigenvalue weighted by molar-refractivity contribution is -0.123. The second-order valence-corrected chi connectivity index (χ2v) is 5.54. The molecule has 1 aliphatic carbocycles. The molecule has 18 heavy (non-hydrogen) atoms. The SMILES string of the molecule is O=C(C=C1COC1)C1(c2ccc(Cl)cc2)CCC1. The van der Waals surface area contributed by atoms with Gasteiger partial charge in [-0.05, 0) is 42.2 Å². The van der Waals surface area contributed by atoms with Crippen LogP contribution >= 0.6 is 11.6 Å². The molecule has 94 valence electrons. The van der Waals surface area contributed by atoms with Crippen LogP contribution < -0.4 is 0 Å². The van der Waals surface area contributed by atoms with E-state index in [0.717, 1.165) is 30.4 Å². The molecular weight excluding hydrogens is 248 g/mol. The van der Waals surface area contributed by atoms with E-state index in [2.05, 4.69) is 0 Å². The van der Waals surface area contributed by atoms with Gasteiger partial charge in [-0.25, -0.2) is 0 Å². The van der Waals surface area contributed by atoms with Gasteiger partial charge in [0, 0.05) is 5.02 Å². The number of halogens is 1. The van der Waals surface area contributed by atoms with Crippen LogP contribution in [0.15, 0.2) is 35.9 Å². The fraction of sp³-hybridized carbons (Fsp3) is 0.400. The topological polar surface area (TPSA) is 26.3 Å². The summed E-state index contributed by atoms with van der Waals surface area (Å²) < 4.78 is 5.08. The van der Waals surface area contributed by atoms with Crippen LogP contribution in [0.2, 0.25) is 5.02 Å². The minimum Gasteiger partial charge on any atom is -0.373 e. The van der Waals surface area contributed by atoms with E-state index in [9.17, 15) is 4.79 Å². The first-order valence-corrected chi connectivity index (χ1v) is 6.66. The molecule has 1 heterocycles. The molecule has 2 aliphatic rings. The van der Waals surface area contributed by atoms with Crippen LogP contribution in [-0.2, 0) is 14.9 Å². The highest BCUT2D eigenvalue weighted by molar-refractivity contribution is 6.30. The second-order valence-electron chi connectivity index (χ2n) is 5.10. The van der Waals surface area contributed by atoms with Crippen molar-refractivity contribution in [3.05, 3.63) is 46.5 Å². The van der Waals surface area contributed by atoms with Crippen molar-refractivity contribution < 1.29 is 9.53 Å². The van der Waals surface area contributed by atoms with Gasteiger partial charge in [0.15, 0.2) is 5.78 Å². The van der Waals surface area contributed by atoms with Crippen molar-refractivity contribution in [3.63, 3.8) is 0 Å². The first-order chi connectivity index (χ1) is 8.71. The van der Waals surface area contributed by atoms with E-state index in [1.807, 2.05) is 24.3 Å². The van der Waals surface area contributed by atoms with E-state index in [1.165, 1.54) is 0 Å². The van der Waals surface area contributed by atoms with Gasteiger partial charge in [-0.2, -0.15) is 0 Å². The van der Waals surface area contributed by atoms with Gasteiger partial charge in [0.1, 0.15) is 0 Å². The summed E-state index contributed by atoms with van der Waals surface area (Å²) in [5, 5.41) is 0.714. The zero-order valence-corrected chi connectivity index (χ0v) is 10.9. The Morgan fingerprint density at radius 3 is 2.33 bits per heavy atom. The number of carbonyl (C=O) groups is 1. The van der Waals surface area contributed by atoms with Crippen LogP contribution in [0, 0.1) is 0 Å². The largest absolute Gasteiger partial charge is 0.373 e. The molecule has 1 aromatic carbocycles. The standard InChI is InChI=1S/C15H15ClO2/c16-13-4-2-12(3-5-13)15(6-1-7-15)14(17)8-11-9-18-10-11/h2-5,8H,1,6-7,9-10H2. The molecule has 1 aromatic rings. The average Bonchev–Trinajstić information content (AvgIpc) is 2.25. The molecule has 1 aliphatic heterocycles. The smallest absolute Gasteiger partial charge is 0.166 e. The third-order valence-corrected chi connectivity index (χ3v) is 4.24. The third-order valence-electron chi connectivity index (χ3n) is 3.99. The molecular formula is C15H15ClO2. The molecule has 0 spiro atoms. The monoisotopic (exact) mass is 262 g/mol. The predicted molar refractivity (Wildman–Crippen MR) is 70.9 cm³/mol. The minimum atomic E-state index is -0.298. The van der Waals surface area contributed by atoms with Crippen molar-refractivity contribution >= 4 is 17.4 Å². The molecule has 0 atom stereocenters. The molecule has 0 unspecified atom stereocenters. The molecule has 1 saturated carbocycles. The highest BCUT2D eigenvalue weighted by Crippen LogP contribution is 2.45. The number of allylic oxidation sites excluding steroid dienone is 1. The summed E-state index contributed by atoms with van der Waals surface area (Å²) in [6.45, 7) is 1.23. The fourth-order valence-corrected chi connectivity index (χ4v) is 2.73. The average molecular weight is 263 g/mol. The van der Waals surface area contributed by atoms with Gasteiger partial charge in [-0.15, -0.1) is 0 Å². The summed E-state index contributed by atoms with van der Waals surface area (Å²) in [5.41, 5.74) is 1.91. The number of ether oxygens (including phenoxy) is 1. The summed E-state index contributed by atoms with van der Waals surface area (Å²) in [4.78, 5) is 12.5. The minimum absolute atomic E-state index is 0.231. The lowest BCUT2D eigenvalue weighted by atomic mass is 9.61. The molecule has 3 heteroatoms. The highest BCUT2D eigenvalue weighted by atomic mass is 35.5. The Hall–Kier alpha value is -1.12. The fourth-order valence-electron chi connectivity index (χ4n) is 2.60. The Bertz CT molecular complexity index is 492. The number of hydrogen-bond donors (Lipinski definition) is 0. The van der Waals surface area contributed by atoms with Crippen molar-refractivity contribution in [2.75, 3.05) is 13.2 Å². The first-order valence-electron chi connectivity index (χ1n) is 6.28. The molecule has 0 amide bonds. The van der Waals surface area contributed by atoms with E-state index in [4.69, 9.17) is 16.3 Å². The Labute approximate surface area is 112 Å². The van der Waals surface area contributed by atoms with Crippen molar-refractivity contribution in [2.24, 2.45) is 0 Å². The van der Waals surface area contributed by atoms with Crippen molar-refractivity contribution in [2.45, 2.75) is 24.7 Å². The molecule has 3 rings (SSSR count). The molecule has 2 fully saturated rings. The lowest BCUT2D eigenvalue weighted by Gasteiger charge is -2.40. The summed E-state index contributed by atoms with van der Waals surface area (Å²) in [7, 11) is 0. The quantitative estimate of drug-likeness (QED) is 0.782. The third kappa shape index (κ3) is 1.90. The van der Waals surface area contributed by atoms with Crippen LogP contribution in [0.1, 0.15) is 24.8 Å². The van der Waals surface area contributed by atoms with Crippen molar-refractivity contribution in [1.29, 1.82) is 0 Å². The van der Waals surface area contributed by atoms with Crippen molar-refractivity contribution in [3.8, 4) is 0 Å². The van der Waals surface area contributed by atoms with E-state index in [0.29, 0.717) is 18.2 Å².